The summed E-state index contributed by atoms with van der Waals surface area (Å²) >= 11 is 3.49. The van der Waals surface area contributed by atoms with E-state index in [0.717, 1.165) is 41.9 Å². The van der Waals surface area contributed by atoms with Gasteiger partial charge in [0.15, 0.2) is 0 Å². The van der Waals surface area contributed by atoms with Crippen LogP contribution < -0.4 is 4.90 Å². The summed E-state index contributed by atoms with van der Waals surface area (Å²) in [4.78, 5) is 4.79. The molecular formula is C14H18BrN3. The van der Waals surface area contributed by atoms with E-state index in [9.17, 15) is 5.26 Å². The minimum Gasteiger partial charge on any atom is -0.368 e. The fourth-order valence-electron chi connectivity index (χ4n) is 2.54. The van der Waals surface area contributed by atoms with Crippen molar-refractivity contribution in [1.82, 2.24) is 4.90 Å². The van der Waals surface area contributed by atoms with Gasteiger partial charge in [0.2, 0.25) is 0 Å². The quantitative estimate of drug-likeness (QED) is 0.841. The minimum atomic E-state index is 0.536. The second-order valence-corrected chi connectivity index (χ2v) is 5.61. The van der Waals surface area contributed by atoms with Crippen molar-refractivity contribution in [2.75, 3.05) is 31.1 Å². The van der Waals surface area contributed by atoms with E-state index < -0.39 is 0 Å². The number of nitriles is 1. The molecule has 2 rings (SSSR count). The van der Waals surface area contributed by atoms with Gasteiger partial charge in [-0.15, -0.1) is 0 Å². The van der Waals surface area contributed by atoms with E-state index >= 15 is 0 Å². The molecule has 0 aromatic heterocycles. The summed E-state index contributed by atoms with van der Waals surface area (Å²) in [6.45, 7) is 8.58. The average molecular weight is 308 g/mol. The molecule has 1 saturated heterocycles. The Morgan fingerprint density at radius 2 is 2.22 bits per heavy atom. The standard InChI is InChI=1S/C14H18BrN3/c1-3-17-6-7-18(10-11(17)2)14-8-13(15)5-4-12(14)9-16/h4-5,8,11H,3,6-7,10H2,1-2H3. The van der Waals surface area contributed by atoms with Crippen molar-refractivity contribution < 1.29 is 0 Å². The fraction of sp³-hybridized carbons (Fsp3) is 0.500. The van der Waals surface area contributed by atoms with Crippen LogP contribution in [0.5, 0.6) is 0 Å². The molecule has 0 N–H and O–H groups in total. The van der Waals surface area contributed by atoms with Gasteiger partial charge in [-0.05, 0) is 31.7 Å². The van der Waals surface area contributed by atoms with E-state index in [4.69, 9.17) is 0 Å². The summed E-state index contributed by atoms with van der Waals surface area (Å²) in [6, 6.07) is 8.68. The van der Waals surface area contributed by atoms with Gasteiger partial charge in [-0.1, -0.05) is 22.9 Å². The zero-order valence-corrected chi connectivity index (χ0v) is 12.4. The molecule has 96 valence electrons. The van der Waals surface area contributed by atoms with E-state index in [1.165, 1.54) is 0 Å². The van der Waals surface area contributed by atoms with Crippen molar-refractivity contribution >= 4 is 21.6 Å². The molecule has 0 aliphatic carbocycles. The van der Waals surface area contributed by atoms with Gasteiger partial charge in [0.25, 0.3) is 0 Å². The lowest BCUT2D eigenvalue weighted by molar-refractivity contribution is 0.199. The van der Waals surface area contributed by atoms with Crippen LogP contribution in [0.1, 0.15) is 19.4 Å². The van der Waals surface area contributed by atoms with Crippen molar-refractivity contribution in [2.24, 2.45) is 0 Å². The monoisotopic (exact) mass is 307 g/mol. The normalized spacial score (nSPS) is 20.8. The zero-order chi connectivity index (χ0) is 13.1. The molecule has 1 unspecified atom stereocenters. The molecule has 1 aliphatic rings. The van der Waals surface area contributed by atoms with Crippen LogP contribution in [0.2, 0.25) is 0 Å². The average Bonchev–Trinajstić information content (AvgIpc) is 2.38. The minimum absolute atomic E-state index is 0.536. The van der Waals surface area contributed by atoms with Gasteiger partial charge in [0, 0.05) is 30.1 Å². The summed E-state index contributed by atoms with van der Waals surface area (Å²) in [6.07, 6.45) is 0. The van der Waals surface area contributed by atoms with E-state index in [1.54, 1.807) is 0 Å². The second-order valence-electron chi connectivity index (χ2n) is 4.70. The molecule has 1 aliphatic heterocycles. The van der Waals surface area contributed by atoms with Crippen LogP contribution in [-0.4, -0.2) is 37.1 Å². The van der Waals surface area contributed by atoms with Crippen LogP contribution in [0, 0.1) is 11.3 Å². The lowest BCUT2D eigenvalue weighted by atomic mass is 10.1. The Balaban J connectivity index is 2.23. The number of likely N-dealkylation sites (N-methyl/N-ethyl adjacent to an activating group) is 1. The Morgan fingerprint density at radius 3 is 2.83 bits per heavy atom. The maximum absolute atomic E-state index is 9.20. The number of piperazine rings is 1. The first-order valence-electron chi connectivity index (χ1n) is 6.34. The summed E-state index contributed by atoms with van der Waals surface area (Å²) in [5.41, 5.74) is 1.81. The number of nitrogens with zero attached hydrogens (tertiary/aromatic N) is 3. The largest absolute Gasteiger partial charge is 0.368 e. The summed E-state index contributed by atoms with van der Waals surface area (Å²) in [5, 5.41) is 9.20. The second kappa shape index (κ2) is 5.73. The lowest BCUT2D eigenvalue weighted by Gasteiger charge is -2.40. The molecule has 0 spiro atoms. The molecule has 4 heteroatoms. The highest BCUT2D eigenvalue weighted by molar-refractivity contribution is 9.10. The highest BCUT2D eigenvalue weighted by Gasteiger charge is 2.23. The van der Waals surface area contributed by atoms with Gasteiger partial charge in [0.1, 0.15) is 6.07 Å². The van der Waals surface area contributed by atoms with Gasteiger partial charge in [-0.2, -0.15) is 5.26 Å². The molecular weight excluding hydrogens is 290 g/mol. The van der Waals surface area contributed by atoms with Gasteiger partial charge in [-0.25, -0.2) is 0 Å². The first-order valence-corrected chi connectivity index (χ1v) is 7.13. The fourth-order valence-corrected chi connectivity index (χ4v) is 2.89. The van der Waals surface area contributed by atoms with E-state index in [0.29, 0.717) is 6.04 Å². The lowest BCUT2D eigenvalue weighted by Crippen LogP contribution is -2.51. The number of hydrogen-bond acceptors (Lipinski definition) is 3. The first-order chi connectivity index (χ1) is 8.65. The van der Waals surface area contributed by atoms with E-state index in [-0.39, 0.29) is 0 Å². The zero-order valence-electron chi connectivity index (χ0n) is 10.9. The highest BCUT2D eigenvalue weighted by atomic mass is 79.9. The molecule has 3 nitrogen and oxygen atoms in total. The van der Waals surface area contributed by atoms with Gasteiger partial charge < -0.3 is 4.90 Å². The van der Waals surface area contributed by atoms with Crippen LogP contribution in [0.4, 0.5) is 5.69 Å². The van der Waals surface area contributed by atoms with Crippen molar-refractivity contribution in [3.63, 3.8) is 0 Å². The maximum Gasteiger partial charge on any atom is 0.101 e. The van der Waals surface area contributed by atoms with Crippen LogP contribution in [-0.2, 0) is 0 Å². The van der Waals surface area contributed by atoms with Crippen molar-refractivity contribution in [3.8, 4) is 6.07 Å². The van der Waals surface area contributed by atoms with Crippen LogP contribution in [0.3, 0.4) is 0 Å². The highest BCUT2D eigenvalue weighted by Crippen LogP contribution is 2.26. The molecule has 0 radical (unpaired) electrons. The predicted octanol–water partition coefficient (Wildman–Crippen LogP) is 2.85. The van der Waals surface area contributed by atoms with E-state index in [1.807, 2.05) is 18.2 Å². The molecule has 0 saturated carbocycles. The van der Waals surface area contributed by atoms with Crippen molar-refractivity contribution in [2.45, 2.75) is 19.9 Å². The van der Waals surface area contributed by atoms with Crippen molar-refractivity contribution in [3.05, 3.63) is 28.2 Å². The third-order valence-corrected chi connectivity index (χ3v) is 4.09. The first kappa shape index (κ1) is 13.4. The summed E-state index contributed by atoms with van der Waals surface area (Å²) in [7, 11) is 0. The predicted molar refractivity (Wildman–Crippen MR) is 77.8 cm³/mol. The molecule has 1 heterocycles. The Morgan fingerprint density at radius 1 is 1.44 bits per heavy atom. The summed E-state index contributed by atoms with van der Waals surface area (Å²) < 4.78 is 1.03. The Kier molecular flexibility index (Phi) is 4.26. The number of benzene rings is 1. The van der Waals surface area contributed by atoms with Crippen LogP contribution in [0.15, 0.2) is 22.7 Å². The van der Waals surface area contributed by atoms with E-state index in [2.05, 4.69) is 45.6 Å². The number of hydrogen-bond donors (Lipinski definition) is 0. The smallest absolute Gasteiger partial charge is 0.101 e. The van der Waals surface area contributed by atoms with Gasteiger partial charge in [-0.3, -0.25) is 4.90 Å². The Labute approximate surface area is 117 Å². The third-order valence-electron chi connectivity index (χ3n) is 3.59. The molecule has 0 bridgehead atoms. The Bertz CT molecular complexity index is 467. The van der Waals surface area contributed by atoms with Crippen LogP contribution in [0.25, 0.3) is 0 Å². The molecule has 1 aromatic carbocycles. The Hall–Kier alpha value is -1.05. The topological polar surface area (TPSA) is 30.3 Å². The van der Waals surface area contributed by atoms with Crippen molar-refractivity contribution in [1.29, 1.82) is 5.26 Å². The number of halogens is 1. The van der Waals surface area contributed by atoms with Gasteiger partial charge in [0.05, 0.1) is 11.3 Å². The molecule has 18 heavy (non-hydrogen) atoms. The number of anilines is 1. The molecule has 1 fully saturated rings. The summed E-state index contributed by atoms with van der Waals surface area (Å²) in [5.74, 6) is 0. The molecule has 1 aromatic rings. The van der Waals surface area contributed by atoms with Gasteiger partial charge >= 0.3 is 0 Å². The SMILES string of the molecule is CCN1CCN(c2cc(Br)ccc2C#N)CC1C. The third kappa shape index (κ3) is 2.68. The maximum atomic E-state index is 9.20. The molecule has 0 amide bonds. The number of rotatable bonds is 2. The van der Waals surface area contributed by atoms with Crippen LogP contribution >= 0.6 is 15.9 Å². The molecule has 1 atom stereocenters.